The molecular weight excluding hydrogens is 519 g/mol. The zero-order chi connectivity index (χ0) is 27.4. The highest BCUT2D eigenvalue weighted by atomic mass is 35.5. The zero-order valence-corrected chi connectivity index (χ0v) is 21.7. The second-order valence-electron chi connectivity index (χ2n) is 9.72. The minimum absolute atomic E-state index is 0.105. The smallest absolute Gasteiger partial charge is 0.433 e. The van der Waals surface area contributed by atoms with Gasteiger partial charge in [-0.25, -0.2) is 0 Å². The fourth-order valence-electron chi connectivity index (χ4n) is 5.02. The predicted molar refractivity (Wildman–Crippen MR) is 137 cm³/mol. The molecule has 1 heterocycles. The number of nitrogens with zero attached hydrogens (tertiary/aromatic N) is 3. The summed E-state index contributed by atoms with van der Waals surface area (Å²) in [5.74, 6) is -2.28. The van der Waals surface area contributed by atoms with Crippen LogP contribution in [0.4, 0.5) is 13.2 Å². The number of halogens is 4. The highest BCUT2D eigenvalue weighted by Crippen LogP contribution is 2.39. The molecule has 0 spiro atoms. The summed E-state index contributed by atoms with van der Waals surface area (Å²) < 4.78 is 44.0. The highest BCUT2D eigenvalue weighted by Gasteiger charge is 2.43. The number of aliphatic carboxylic acids is 1. The SMILES string of the molecule is Cc1ccccc1CCN(Cc1ccc(Cl)cc1)C(=O)c1cnn([C@H]2CC[C@H](C(=O)O)CC2)c1C(F)(F)F. The first-order valence-corrected chi connectivity index (χ1v) is 12.9. The highest BCUT2D eigenvalue weighted by molar-refractivity contribution is 6.30. The van der Waals surface area contributed by atoms with Crippen LogP contribution in [0.1, 0.15) is 64.5 Å². The molecule has 0 saturated heterocycles. The van der Waals surface area contributed by atoms with Crippen LogP contribution in [-0.2, 0) is 23.9 Å². The molecule has 1 aromatic heterocycles. The van der Waals surface area contributed by atoms with Gasteiger partial charge in [0.2, 0.25) is 0 Å². The van der Waals surface area contributed by atoms with Gasteiger partial charge in [-0.15, -0.1) is 0 Å². The van der Waals surface area contributed by atoms with Gasteiger partial charge >= 0.3 is 12.1 Å². The second-order valence-corrected chi connectivity index (χ2v) is 10.2. The van der Waals surface area contributed by atoms with Crippen LogP contribution in [0.3, 0.4) is 0 Å². The molecule has 0 atom stereocenters. The van der Waals surface area contributed by atoms with Gasteiger partial charge in [-0.05, 0) is 67.9 Å². The Hall–Kier alpha value is -3.33. The number of alkyl halides is 3. The number of carbonyl (C=O) groups excluding carboxylic acids is 1. The van der Waals surface area contributed by atoms with Crippen molar-refractivity contribution in [3.8, 4) is 0 Å². The summed E-state index contributed by atoms with van der Waals surface area (Å²) in [4.78, 5) is 26.4. The van der Waals surface area contributed by atoms with Gasteiger partial charge in [0.1, 0.15) is 0 Å². The van der Waals surface area contributed by atoms with E-state index in [9.17, 15) is 27.9 Å². The molecule has 1 N–H and O–H groups in total. The lowest BCUT2D eigenvalue weighted by molar-refractivity contribution is -0.147. The van der Waals surface area contributed by atoms with E-state index in [-0.39, 0.29) is 38.8 Å². The van der Waals surface area contributed by atoms with E-state index in [1.807, 2.05) is 31.2 Å². The summed E-state index contributed by atoms with van der Waals surface area (Å²) in [7, 11) is 0. The lowest BCUT2D eigenvalue weighted by Gasteiger charge is -2.28. The summed E-state index contributed by atoms with van der Waals surface area (Å²) >= 11 is 5.99. The Morgan fingerprint density at radius 2 is 1.74 bits per heavy atom. The first-order valence-electron chi connectivity index (χ1n) is 12.5. The van der Waals surface area contributed by atoms with Crippen molar-refractivity contribution in [3.63, 3.8) is 0 Å². The Morgan fingerprint density at radius 1 is 1.08 bits per heavy atom. The zero-order valence-electron chi connectivity index (χ0n) is 20.9. The maximum Gasteiger partial charge on any atom is 0.433 e. The van der Waals surface area contributed by atoms with E-state index in [1.165, 1.54) is 4.90 Å². The lowest BCUT2D eigenvalue weighted by atomic mass is 9.86. The molecule has 1 saturated carbocycles. The fourth-order valence-corrected chi connectivity index (χ4v) is 5.15. The van der Waals surface area contributed by atoms with Crippen LogP contribution < -0.4 is 0 Å². The quantitative estimate of drug-likeness (QED) is 0.346. The van der Waals surface area contributed by atoms with Crippen molar-refractivity contribution in [3.05, 3.63) is 87.7 Å². The van der Waals surface area contributed by atoms with Gasteiger partial charge in [-0.1, -0.05) is 48.0 Å². The number of carbonyl (C=O) groups is 2. The van der Waals surface area contributed by atoms with Crippen LogP contribution in [0.25, 0.3) is 0 Å². The van der Waals surface area contributed by atoms with Crippen LogP contribution in [0.2, 0.25) is 5.02 Å². The van der Waals surface area contributed by atoms with Crippen LogP contribution in [0.5, 0.6) is 0 Å². The van der Waals surface area contributed by atoms with Crippen molar-refractivity contribution < 1.29 is 27.9 Å². The van der Waals surface area contributed by atoms with Gasteiger partial charge in [0.05, 0.1) is 23.7 Å². The molecule has 1 aliphatic rings. The van der Waals surface area contributed by atoms with Gasteiger partial charge < -0.3 is 10.0 Å². The van der Waals surface area contributed by atoms with Crippen molar-refractivity contribution in [1.82, 2.24) is 14.7 Å². The van der Waals surface area contributed by atoms with E-state index >= 15 is 0 Å². The average Bonchev–Trinajstić information content (AvgIpc) is 3.34. The van der Waals surface area contributed by atoms with Gasteiger partial charge in [-0.2, -0.15) is 18.3 Å². The Bertz CT molecular complexity index is 1280. The monoisotopic (exact) mass is 547 g/mol. The molecule has 0 bridgehead atoms. The molecule has 0 unspecified atom stereocenters. The lowest BCUT2D eigenvalue weighted by Crippen LogP contribution is -2.34. The van der Waals surface area contributed by atoms with Gasteiger partial charge in [0, 0.05) is 18.1 Å². The Labute approximate surface area is 224 Å². The number of aromatic nitrogens is 2. The van der Waals surface area contributed by atoms with Crippen LogP contribution in [0.15, 0.2) is 54.7 Å². The third-order valence-electron chi connectivity index (χ3n) is 7.17. The number of rotatable bonds is 8. The van der Waals surface area contributed by atoms with Gasteiger partial charge in [-0.3, -0.25) is 14.3 Å². The summed E-state index contributed by atoms with van der Waals surface area (Å²) in [5.41, 5.74) is 1.19. The molecule has 202 valence electrons. The molecule has 0 radical (unpaired) electrons. The molecule has 3 aromatic rings. The molecule has 4 rings (SSSR count). The van der Waals surface area contributed by atoms with E-state index in [4.69, 9.17) is 11.6 Å². The van der Waals surface area contributed by atoms with Crippen LogP contribution >= 0.6 is 11.6 Å². The topological polar surface area (TPSA) is 75.4 Å². The van der Waals surface area contributed by atoms with Crippen molar-refractivity contribution in [2.24, 2.45) is 5.92 Å². The van der Waals surface area contributed by atoms with Crippen molar-refractivity contribution in [2.45, 2.75) is 57.8 Å². The van der Waals surface area contributed by atoms with Crippen molar-refractivity contribution in [1.29, 1.82) is 0 Å². The maximum absolute atomic E-state index is 14.4. The first kappa shape index (κ1) is 27.7. The summed E-state index contributed by atoms with van der Waals surface area (Å²) in [6.45, 7) is 2.26. The Morgan fingerprint density at radius 3 is 2.34 bits per heavy atom. The number of amides is 1. The molecule has 2 aromatic carbocycles. The fraction of sp³-hybridized carbons (Fsp3) is 0.393. The minimum Gasteiger partial charge on any atom is -0.481 e. The Kier molecular flexibility index (Phi) is 8.45. The number of hydrogen-bond acceptors (Lipinski definition) is 3. The van der Waals surface area contributed by atoms with Gasteiger partial charge in [0.25, 0.3) is 5.91 Å². The summed E-state index contributed by atoms with van der Waals surface area (Å²) in [6.07, 6.45) is -2.32. The molecule has 38 heavy (non-hydrogen) atoms. The molecule has 1 aliphatic carbocycles. The largest absolute Gasteiger partial charge is 0.481 e. The molecule has 6 nitrogen and oxygen atoms in total. The molecule has 1 amide bonds. The number of carboxylic acids is 1. The Balaban J connectivity index is 1.64. The number of benzene rings is 2. The van der Waals surface area contributed by atoms with E-state index in [0.717, 1.165) is 27.6 Å². The summed E-state index contributed by atoms with van der Waals surface area (Å²) in [6, 6.07) is 13.9. The third-order valence-corrected chi connectivity index (χ3v) is 7.42. The van der Waals surface area contributed by atoms with E-state index in [1.54, 1.807) is 24.3 Å². The number of hydrogen-bond donors (Lipinski definition) is 1. The maximum atomic E-state index is 14.4. The standard InChI is InChI=1S/C28H29ClF3N3O3/c1-18-4-2-3-5-20(18)14-15-34(17-19-6-10-22(29)11-7-19)26(36)24-16-33-35(25(24)28(30,31)32)23-12-8-21(9-13-23)27(37)38/h2-7,10-11,16,21,23H,8-9,12-15,17H2,1H3,(H,37,38)/t21-,23-. The molecule has 10 heteroatoms. The van der Waals surface area contributed by atoms with E-state index in [2.05, 4.69) is 5.10 Å². The molecular formula is C28H29ClF3N3O3. The normalized spacial score (nSPS) is 17.8. The van der Waals surface area contributed by atoms with Crippen molar-refractivity contribution in [2.75, 3.05) is 6.54 Å². The third kappa shape index (κ3) is 6.38. The van der Waals surface area contributed by atoms with Crippen LogP contribution in [-0.4, -0.2) is 38.2 Å². The van der Waals surface area contributed by atoms with Gasteiger partial charge in [0.15, 0.2) is 5.69 Å². The molecule has 0 aliphatic heterocycles. The summed E-state index contributed by atoms with van der Waals surface area (Å²) in [5, 5.41) is 13.8. The average molecular weight is 548 g/mol. The van der Waals surface area contributed by atoms with Crippen molar-refractivity contribution >= 4 is 23.5 Å². The van der Waals surface area contributed by atoms with E-state index in [0.29, 0.717) is 11.4 Å². The first-order chi connectivity index (χ1) is 18.0. The minimum atomic E-state index is -4.81. The van der Waals surface area contributed by atoms with E-state index < -0.39 is 41.3 Å². The molecule has 1 fully saturated rings. The van der Waals surface area contributed by atoms with Crippen LogP contribution in [0, 0.1) is 12.8 Å². The number of carboxylic acid groups (broad SMARTS) is 1. The second kappa shape index (κ2) is 11.6. The predicted octanol–water partition coefficient (Wildman–Crippen LogP) is 6.56. The number of aryl methyl sites for hydroxylation is 1.